The summed E-state index contributed by atoms with van der Waals surface area (Å²) in [6, 6.07) is 10.3. The van der Waals surface area contributed by atoms with Gasteiger partial charge in [0.1, 0.15) is 0 Å². The Morgan fingerprint density at radius 2 is 1.86 bits per heavy atom. The van der Waals surface area contributed by atoms with E-state index < -0.39 is 0 Å². The molecule has 0 aliphatic heterocycles. The summed E-state index contributed by atoms with van der Waals surface area (Å²) in [7, 11) is 0. The van der Waals surface area contributed by atoms with E-state index in [0.29, 0.717) is 0 Å². The van der Waals surface area contributed by atoms with Crippen LogP contribution in [0.5, 0.6) is 0 Å². The van der Waals surface area contributed by atoms with E-state index in [0.717, 1.165) is 11.3 Å². The Morgan fingerprint density at radius 1 is 1.14 bits per heavy atom. The van der Waals surface area contributed by atoms with Gasteiger partial charge in [-0.2, -0.15) is 12.6 Å². The molecular weight excluding hydrogens is 208 g/mol. The highest BCUT2D eigenvalue weighted by Crippen LogP contribution is 2.37. The zero-order valence-electron chi connectivity index (χ0n) is 7.72. The molecule has 0 heterocycles. The van der Waals surface area contributed by atoms with Crippen LogP contribution in [0.2, 0.25) is 0 Å². The molecule has 0 bridgehead atoms. The van der Waals surface area contributed by atoms with Gasteiger partial charge in [-0.15, -0.1) is 12.6 Å². The van der Waals surface area contributed by atoms with Crippen molar-refractivity contribution < 1.29 is 0 Å². The van der Waals surface area contributed by atoms with Crippen molar-refractivity contribution in [1.29, 1.82) is 0 Å². The van der Waals surface area contributed by atoms with Crippen molar-refractivity contribution in [2.45, 2.75) is 11.2 Å². The topological polar surface area (TPSA) is 0 Å². The fraction of sp³-hybridized carbons (Fsp3) is 0.167. The Balaban J connectivity index is 2.32. The molecule has 1 unspecified atom stereocenters. The number of thiol groups is 2. The van der Waals surface area contributed by atoms with Crippen molar-refractivity contribution in [2.24, 2.45) is 0 Å². The van der Waals surface area contributed by atoms with E-state index in [4.69, 9.17) is 12.6 Å². The summed E-state index contributed by atoms with van der Waals surface area (Å²) in [5.41, 5.74) is 1.23. The summed E-state index contributed by atoms with van der Waals surface area (Å²) in [5, 5.41) is 0. The van der Waals surface area contributed by atoms with E-state index >= 15 is 0 Å². The first-order chi connectivity index (χ1) is 6.71. The lowest BCUT2D eigenvalue weighted by Crippen LogP contribution is -2.16. The first-order valence-electron chi connectivity index (χ1n) is 4.57. The first kappa shape index (κ1) is 9.94. The molecule has 0 spiro atoms. The molecule has 0 nitrogen and oxygen atoms in total. The molecule has 0 aromatic heterocycles. The highest BCUT2D eigenvalue weighted by atomic mass is 32.1. The lowest BCUT2D eigenvalue weighted by atomic mass is 9.91. The predicted molar refractivity (Wildman–Crippen MR) is 67.9 cm³/mol. The van der Waals surface area contributed by atoms with E-state index in [2.05, 4.69) is 36.9 Å². The van der Waals surface area contributed by atoms with Crippen LogP contribution in [0.25, 0.3) is 0 Å². The van der Waals surface area contributed by atoms with Crippen molar-refractivity contribution in [3.05, 3.63) is 59.0 Å². The van der Waals surface area contributed by atoms with Gasteiger partial charge in [-0.3, -0.25) is 0 Å². The van der Waals surface area contributed by atoms with Gasteiger partial charge in [-0.05, 0) is 16.9 Å². The number of allylic oxidation sites excluding steroid dienone is 2. The summed E-state index contributed by atoms with van der Waals surface area (Å²) >= 11 is 9.01. The standard InChI is InChI=1S/C12H12S2/c13-11-6-8-12(14,9-7-11)10-4-2-1-3-5-10/h1-8,13-14H,9H2. The van der Waals surface area contributed by atoms with E-state index in [1.807, 2.05) is 24.3 Å². The maximum absolute atomic E-state index is 4.71. The molecule has 0 saturated heterocycles. The third-order valence-corrected chi connectivity index (χ3v) is 3.35. The van der Waals surface area contributed by atoms with Gasteiger partial charge >= 0.3 is 0 Å². The third-order valence-electron chi connectivity index (χ3n) is 2.43. The SMILES string of the molecule is SC1=CCC(S)(c2ccccc2)C=C1. The van der Waals surface area contributed by atoms with Gasteiger partial charge in [0, 0.05) is 0 Å². The molecule has 1 aromatic carbocycles. The average Bonchev–Trinajstić information content (AvgIpc) is 2.24. The Morgan fingerprint density at radius 3 is 2.43 bits per heavy atom. The second kappa shape index (κ2) is 3.87. The minimum absolute atomic E-state index is 0.159. The quantitative estimate of drug-likeness (QED) is 0.664. The fourth-order valence-corrected chi connectivity index (χ4v) is 2.04. The van der Waals surface area contributed by atoms with Crippen molar-refractivity contribution in [3.63, 3.8) is 0 Å². The molecule has 1 aromatic rings. The maximum atomic E-state index is 4.71. The molecule has 0 N–H and O–H groups in total. The Hall–Kier alpha value is -0.600. The molecule has 72 valence electrons. The van der Waals surface area contributed by atoms with E-state index in [1.165, 1.54) is 5.56 Å². The summed E-state index contributed by atoms with van der Waals surface area (Å²) < 4.78 is -0.159. The van der Waals surface area contributed by atoms with Crippen LogP contribution in [-0.4, -0.2) is 0 Å². The lowest BCUT2D eigenvalue weighted by molar-refractivity contribution is 0.785. The van der Waals surface area contributed by atoms with Gasteiger partial charge in [-0.1, -0.05) is 48.6 Å². The van der Waals surface area contributed by atoms with Crippen LogP contribution in [0.3, 0.4) is 0 Å². The fourth-order valence-electron chi connectivity index (χ4n) is 1.56. The zero-order valence-corrected chi connectivity index (χ0v) is 9.51. The molecule has 0 saturated carbocycles. The van der Waals surface area contributed by atoms with Crippen molar-refractivity contribution in [3.8, 4) is 0 Å². The van der Waals surface area contributed by atoms with Crippen molar-refractivity contribution in [2.75, 3.05) is 0 Å². The van der Waals surface area contributed by atoms with Gasteiger partial charge in [0.05, 0.1) is 4.75 Å². The number of hydrogen-bond donors (Lipinski definition) is 2. The van der Waals surface area contributed by atoms with Crippen LogP contribution in [0.4, 0.5) is 0 Å². The summed E-state index contributed by atoms with van der Waals surface area (Å²) in [4.78, 5) is 1.02. The molecule has 2 heteroatoms. The summed E-state index contributed by atoms with van der Waals surface area (Å²) in [6.45, 7) is 0. The zero-order chi connectivity index (χ0) is 10.0. The maximum Gasteiger partial charge on any atom is 0.0595 e. The smallest absolute Gasteiger partial charge is 0.0595 e. The molecule has 0 amide bonds. The summed E-state index contributed by atoms with van der Waals surface area (Å²) in [6.07, 6.45) is 7.11. The van der Waals surface area contributed by atoms with Crippen LogP contribution in [-0.2, 0) is 4.75 Å². The number of hydrogen-bond acceptors (Lipinski definition) is 2. The predicted octanol–water partition coefficient (Wildman–Crippen LogP) is 3.59. The largest absolute Gasteiger partial charge is 0.163 e. The van der Waals surface area contributed by atoms with Crippen LogP contribution >= 0.6 is 25.3 Å². The normalized spacial score (nSPS) is 26.0. The van der Waals surface area contributed by atoms with Gasteiger partial charge in [0.2, 0.25) is 0 Å². The number of rotatable bonds is 1. The third kappa shape index (κ3) is 1.91. The molecule has 1 aliphatic rings. The van der Waals surface area contributed by atoms with Gasteiger partial charge in [0.25, 0.3) is 0 Å². The molecule has 0 fully saturated rings. The molecule has 14 heavy (non-hydrogen) atoms. The highest BCUT2D eigenvalue weighted by molar-refractivity contribution is 7.84. The van der Waals surface area contributed by atoms with Crippen molar-refractivity contribution in [1.82, 2.24) is 0 Å². The van der Waals surface area contributed by atoms with E-state index in [9.17, 15) is 0 Å². The summed E-state index contributed by atoms with van der Waals surface area (Å²) in [5.74, 6) is 0. The van der Waals surface area contributed by atoms with Crippen LogP contribution < -0.4 is 0 Å². The second-order valence-electron chi connectivity index (χ2n) is 3.46. The lowest BCUT2D eigenvalue weighted by Gasteiger charge is -2.26. The Labute approximate surface area is 95.5 Å². The Bertz CT molecular complexity index is 379. The highest BCUT2D eigenvalue weighted by Gasteiger charge is 2.24. The monoisotopic (exact) mass is 220 g/mol. The molecule has 1 aliphatic carbocycles. The van der Waals surface area contributed by atoms with Gasteiger partial charge < -0.3 is 0 Å². The molecule has 1 atom stereocenters. The molecule has 2 rings (SSSR count). The average molecular weight is 220 g/mol. The van der Waals surface area contributed by atoms with Gasteiger partial charge in [0.15, 0.2) is 0 Å². The molecule has 0 radical (unpaired) electrons. The van der Waals surface area contributed by atoms with Crippen molar-refractivity contribution >= 4 is 25.3 Å². The van der Waals surface area contributed by atoms with E-state index in [1.54, 1.807) is 0 Å². The first-order valence-corrected chi connectivity index (χ1v) is 5.46. The van der Waals surface area contributed by atoms with Crippen LogP contribution in [0.15, 0.2) is 53.5 Å². The van der Waals surface area contributed by atoms with E-state index in [-0.39, 0.29) is 4.75 Å². The van der Waals surface area contributed by atoms with Crippen LogP contribution in [0.1, 0.15) is 12.0 Å². The molecular formula is C12H12S2. The Kier molecular flexibility index (Phi) is 2.75. The number of benzene rings is 1. The minimum Gasteiger partial charge on any atom is -0.163 e. The minimum atomic E-state index is -0.159. The van der Waals surface area contributed by atoms with Crippen LogP contribution in [0, 0.1) is 0 Å². The van der Waals surface area contributed by atoms with Gasteiger partial charge in [-0.25, -0.2) is 0 Å². The second-order valence-corrected chi connectivity index (χ2v) is 4.77.